The van der Waals surface area contributed by atoms with E-state index >= 15 is 0 Å². The van der Waals surface area contributed by atoms with Crippen molar-refractivity contribution in [3.63, 3.8) is 0 Å². The van der Waals surface area contributed by atoms with E-state index in [1.807, 2.05) is 24.4 Å². The summed E-state index contributed by atoms with van der Waals surface area (Å²) in [4.78, 5) is 18.4. The summed E-state index contributed by atoms with van der Waals surface area (Å²) in [5.74, 6) is 0. The predicted molar refractivity (Wildman–Crippen MR) is 110 cm³/mol. The van der Waals surface area contributed by atoms with Crippen LogP contribution in [0.15, 0.2) is 41.4 Å². The third-order valence-corrected chi connectivity index (χ3v) is 6.10. The molecule has 0 radical (unpaired) electrons. The molecule has 4 aromatic rings. The molecule has 0 unspecified atom stereocenters. The van der Waals surface area contributed by atoms with E-state index in [1.54, 1.807) is 4.40 Å². The number of aromatic nitrogens is 4. The summed E-state index contributed by atoms with van der Waals surface area (Å²) < 4.78 is 2.40. The highest BCUT2D eigenvalue weighted by Gasteiger charge is 2.14. The van der Waals surface area contributed by atoms with Crippen molar-refractivity contribution < 1.29 is 0 Å². The molecule has 27 heavy (non-hydrogen) atoms. The summed E-state index contributed by atoms with van der Waals surface area (Å²) in [6.07, 6.45) is 12.1. The third-order valence-electron chi connectivity index (χ3n) is 5.13. The molecule has 0 bridgehead atoms. The van der Waals surface area contributed by atoms with E-state index in [1.165, 1.54) is 22.5 Å². The molecular formula is C21H18N4OS. The van der Waals surface area contributed by atoms with Gasteiger partial charge in [-0.2, -0.15) is 5.10 Å². The fourth-order valence-electron chi connectivity index (χ4n) is 3.53. The Kier molecular flexibility index (Phi) is 3.62. The average Bonchev–Trinajstić information content (AvgIpc) is 3.33. The van der Waals surface area contributed by atoms with Crippen LogP contribution in [-0.2, 0) is 0 Å². The number of benzene rings is 1. The molecule has 0 aliphatic heterocycles. The second-order valence-electron chi connectivity index (χ2n) is 6.92. The van der Waals surface area contributed by atoms with Crippen LogP contribution < -0.4 is 10.1 Å². The first-order valence-corrected chi connectivity index (χ1v) is 9.77. The van der Waals surface area contributed by atoms with E-state index in [2.05, 4.69) is 47.3 Å². The van der Waals surface area contributed by atoms with E-state index in [9.17, 15) is 4.79 Å². The van der Waals surface area contributed by atoms with Crippen molar-refractivity contribution in [3.8, 4) is 0 Å². The lowest BCUT2D eigenvalue weighted by atomic mass is 9.99. The zero-order valence-corrected chi connectivity index (χ0v) is 15.9. The molecule has 5 nitrogen and oxygen atoms in total. The van der Waals surface area contributed by atoms with Crippen LogP contribution in [0, 0.1) is 13.8 Å². The standard InChI is InChI=1S/C21H18N4OS/c1-12-8-16-17(9-13(12)2)25-20(26)18(27-21(25)23-16)10-15-11-22-24-19(15)14-6-4-3-5-7-14/h3-4,6,8-11H,5,7H2,1-2H3,(H,22,24)/b18-10+. The molecule has 1 aromatic carbocycles. The SMILES string of the molecule is Cc1cc2nc3s/c(=C/c4c[nH]nc4C4=CC=CCC4)c(=O)n3c2cc1C. The summed E-state index contributed by atoms with van der Waals surface area (Å²) >= 11 is 1.42. The van der Waals surface area contributed by atoms with E-state index in [4.69, 9.17) is 0 Å². The van der Waals surface area contributed by atoms with Crippen molar-refractivity contribution in [1.29, 1.82) is 0 Å². The normalized spacial score (nSPS) is 15.2. The van der Waals surface area contributed by atoms with Gasteiger partial charge < -0.3 is 0 Å². The Labute approximate surface area is 159 Å². The van der Waals surface area contributed by atoms with Gasteiger partial charge in [0.1, 0.15) is 0 Å². The number of imidazole rings is 1. The molecule has 0 fully saturated rings. The fourth-order valence-corrected chi connectivity index (χ4v) is 4.50. The number of hydrogen-bond donors (Lipinski definition) is 1. The van der Waals surface area contributed by atoms with Crippen molar-refractivity contribution in [2.24, 2.45) is 0 Å². The van der Waals surface area contributed by atoms with Gasteiger partial charge in [-0.1, -0.05) is 29.6 Å². The maximum Gasteiger partial charge on any atom is 0.274 e. The summed E-state index contributed by atoms with van der Waals surface area (Å²) in [5, 5.41) is 7.34. The van der Waals surface area contributed by atoms with Crippen molar-refractivity contribution >= 4 is 39.0 Å². The second-order valence-corrected chi connectivity index (χ2v) is 7.93. The highest BCUT2D eigenvalue weighted by Crippen LogP contribution is 2.25. The molecule has 0 amide bonds. The Hall–Kier alpha value is -2.99. The lowest BCUT2D eigenvalue weighted by Crippen LogP contribution is -2.22. The fraction of sp³-hybridized carbons (Fsp3) is 0.190. The smallest absolute Gasteiger partial charge is 0.274 e. The first kappa shape index (κ1) is 16.2. The van der Waals surface area contributed by atoms with Crippen LogP contribution in [0.4, 0.5) is 0 Å². The maximum absolute atomic E-state index is 13.1. The second kappa shape index (κ2) is 6.03. The number of allylic oxidation sites excluding steroid dienone is 4. The van der Waals surface area contributed by atoms with Crippen molar-refractivity contribution in [2.75, 3.05) is 0 Å². The molecule has 3 aromatic heterocycles. The lowest BCUT2D eigenvalue weighted by molar-refractivity contribution is 1.01. The minimum atomic E-state index is -0.0228. The molecule has 1 aliphatic carbocycles. The molecule has 5 rings (SSSR count). The largest absolute Gasteiger partial charge is 0.285 e. The van der Waals surface area contributed by atoms with Crippen molar-refractivity contribution in [2.45, 2.75) is 26.7 Å². The monoisotopic (exact) mass is 374 g/mol. The van der Waals surface area contributed by atoms with Gasteiger partial charge in [0.2, 0.25) is 0 Å². The van der Waals surface area contributed by atoms with Crippen LogP contribution in [0.1, 0.15) is 35.2 Å². The van der Waals surface area contributed by atoms with Gasteiger partial charge in [-0.05, 0) is 61.6 Å². The highest BCUT2D eigenvalue weighted by molar-refractivity contribution is 7.15. The van der Waals surface area contributed by atoms with Gasteiger partial charge in [0.15, 0.2) is 4.96 Å². The average molecular weight is 374 g/mol. The minimum absolute atomic E-state index is 0.0228. The Balaban J connectivity index is 1.71. The third kappa shape index (κ3) is 2.56. The van der Waals surface area contributed by atoms with E-state index < -0.39 is 0 Å². The van der Waals surface area contributed by atoms with Crippen LogP contribution in [0.25, 0.3) is 27.6 Å². The van der Waals surface area contributed by atoms with Crippen molar-refractivity contribution in [3.05, 3.63) is 73.8 Å². The van der Waals surface area contributed by atoms with Gasteiger partial charge >= 0.3 is 0 Å². The summed E-state index contributed by atoms with van der Waals surface area (Å²) in [6, 6.07) is 4.09. The van der Waals surface area contributed by atoms with Crippen LogP contribution in [0.5, 0.6) is 0 Å². The number of fused-ring (bicyclic) bond motifs is 3. The zero-order valence-electron chi connectivity index (χ0n) is 15.1. The quantitative estimate of drug-likeness (QED) is 0.584. The van der Waals surface area contributed by atoms with Crippen LogP contribution >= 0.6 is 11.3 Å². The molecule has 0 saturated heterocycles. The van der Waals surface area contributed by atoms with E-state index in [-0.39, 0.29) is 5.56 Å². The zero-order chi connectivity index (χ0) is 18.5. The molecule has 0 saturated carbocycles. The summed E-state index contributed by atoms with van der Waals surface area (Å²) in [7, 11) is 0. The van der Waals surface area contributed by atoms with Crippen LogP contribution in [0.3, 0.4) is 0 Å². The van der Waals surface area contributed by atoms with Gasteiger partial charge in [-0.25, -0.2) is 9.38 Å². The van der Waals surface area contributed by atoms with Gasteiger partial charge in [0, 0.05) is 11.8 Å². The van der Waals surface area contributed by atoms with Gasteiger partial charge in [-0.3, -0.25) is 9.89 Å². The molecule has 1 aliphatic rings. The van der Waals surface area contributed by atoms with E-state index in [0.717, 1.165) is 45.7 Å². The molecular weight excluding hydrogens is 356 g/mol. The van der Waals surface area contributed by atoms with Gasteiger partial charge in [0.05, 0.1) is 21.3 Å². The topological polar surface area (TPSA) is 63.0 Å². The molecule has 6 heteroatoms. The van der Waals surface area contributed by atoms with Gasteiger partial charge in [0.25, 0.3) is 5.56 Å². The van der Waals surface area contributed by atoms with Crippen LogP contribution in [-0.4, -0.2) is 19.6 Å². The van der Waals surface area contributed by atoms with E-state index in [0.29, 0.717) is 4.53 Å². The first-order valence-electron chi connectivity index (χ1n) is 8.95. The van der Waals surface area contributed by atoms with Crippen LogP contribution in [0.2, 0.25) is 0 Å². The van der Waals surface area contributed by atoms with Crippen molar-refractivity contribution in [1.82, 2.24) is 19.6 Å². The minimum Gasteiger partial charge on any atom is -0.285 e. The number of hydrogen-bond acceptors (Lipinski definition) is 4. The number of nitrogens with zero attached hydrogens (tertiary/aromatic N) is 3. The lowest BCUT2D eigenvalue weighted by Gasteiger charge is -2.06. The molecule has 134 valence electrons. The molecule has 0 atom stereocenters. The number of aromatic amines is 1. The Bertz CT molecular complexity index is 1370. The summed E-state index contributed by atoms with van der Waals surface area (Å²) in [5.41, 5.74) is 7.12. The Morgan fingerprint density at radius 1 is 1.26 bits per heavy atom. The Morgan fingerprint density at radius 3 is 2.93 bits per heavy atom. The molecule has 3 heterocycles. The highest BCUT2D eigenvalue weighted by atomic mass is 32.1. The number of nitrogens with one attached hydrogen (secondary N) is 1. The van der Waals surface area contributed by atoms with Gasteiger partial charge in [-0.15, -0.1) is 0 Å². The summed E-state index contributed by atoms with van der Waals surface area (Å²) in [6.45, 7) is 4.12. The molecule has 1 N–H and O–H groups in total. The Morgan fingerprint density at radius 2 is 2.11 bits per heavy atom. The molecule has 0 spiro atoms. The number of aryl methyl sites for hydroxylation is 2. The maximum atomic E-state index is 13.1. The number of rotatable bonds is 2. The number of H-pyrrole nitrogens is 1. The predicted octanol–water partition coefficient (Wildman–Crippen LogP) is 3.53. The first-order chi connectivity index (χ1) is 13.1. The number of thiazole rings is 1.